The molecule has 3 amide bonds. The predicted molar refractivity (Wildman–Crippen MR) is 99.6 cm³/mol. The lowest BCUT2D eigenvalue weighted by atomic mass is 10.1. The highest BCUT2D eigenvalue weighted by Crippen LogP contribution is 2.26. The highest BCUT2D eigenvalue weighted by Gasteiger charge is 2.28. The lowest BCUT2D eigenvalue weighted by Crippen LogP contribution is -2.53. The van der Waals surface area contributed by atoms with Gasteiger partial charge in [-0.25, -0.2) is 0 Å². The summed E-state index contributed by atoms with van der Waals surface area (Å²) in [4.78, 5) is 35.9. The summed E-state index contributed by atoms with van der Waals surface area (Å²) in [5.41, 5.74) is 5.07. The van der Waals surface area contributed by atoms with Crippen molar-refractivity contribution in [1.82, 2.24) is 10.9 Å². The van der Waals surface area contributed by atoms with Crippen LogP contribution in [-0.4, -0.2) is 30.4 Å². The molecule has 3 N–H and O–H groups in total. The number of rotatable bonds is 4. The highest BCUT2D eigenvalue weighted by atomic mass is 16.5. The molecule has 1 aromatic carbocycles. The average Bonchev–Trinajstić information content (AvgIpc) is 3.07. The Morgan fingerprint density at radius 1 is 1.00 bits per heavy atom. The van der Waals surface area contributed by atoms with Crippen LogP contribution >= 0.6 is 0 Å². The smallest absolute Gasteiger partial charge is 0.328 e. The van der Waals surface area contributed by atoms with E-state index >= 15 is 0 Å². The Morgan fingerprint density at radius 3 is 2.30 bits per heavy atom. The van der Waals surface area contributed by atoms with Crippen LogP contribution in [0.2, 0.25) is 0 Å². The normalized spacial score (nSPS) is 11.0. The van der Waals surface area contributed by atoms with E-state index in [1.165, 1.54) is 21.0 Å². The van der Waals surface area contributed by atoms with E-state index in [0.717, 1.165) is 16.9 Å². The monoisotopic (exact) mass is 373 g/mol. The lowest BCUT2D eigenvalue weighted by molar-refractivity contribution is -0.144. The molecule has 0 fully saturated rings. The number of methoxy groups -OCH3 is 1. The van der Waals surface area contributed by atoms with Crippen molar-refractivity contribution in [1.29, 1.82) is 0 Å². The first-order valence-corrected chi connectivity index (χ1v) is 8.28. The molecular weight excluding hydrogens is 350 g/mol. The van der Waals surface area contributed by atoms with Crippen LogP contribution in [-0.2, 0) is 19.1 Å². The second-order valence-corrected chi connectivity index (χ2v) is 6.52. The zero-order valence-corrected chi connectivity index (χ0v) is 15.9. The quantitative estimate of drug-likeness (QED) is 0.561. The summed E-state index contributed by atoms with van der Waals surface area (Å²) in [6, 6.07) is 9.04. The van der Waals surface area contributed by atoms with Crippen molar-refractivity contribution in [3.63, 3.8) is 0 Å². The molecule has 27 heavy (non-hydrogen) atoms. The minimum Gasteiger partial charge on any atom is -0.461 e. The first kappa shape index (κ1) is 20.2. The van der Waals surface area contributed by atoms with Gasteiger partial charge >= 0.3 is 11.8 Å². The van der Waals surface area contributed by atoms with Crippen molar-refractivity contribution in [3.8, 4) is 11.3 Å². The minimum atomic E-state index is -1.14. The molecule has 144 valence electrons. The van der Waals surface area contributed by atoms with Crippen LogP contribution in [0.3, 0.4) is 0 Å². The van der Waals surface area contributed by atoms with Crippen molar-refractivity contribution >= 4 is 23.4 Å². The third kappa shape index (κ3) is 4.95. The van der Waals surface area contributed by atoms with E-state index in [4.69, 9.17) is 9.15 Å². The number of hydrogen-bond donors (Lipinski definition) is 3. The van der Waals surface area contributed by atoms with Crippen molar-refractivity contribution in [3.05, 3.63) is 41.7 Å². The van der Waals surface area contributed by atoms with Crippen LogP contribution < -0.4 is 16.2 Å². The predicted octanol–water partition coefficient (Wildman–Crippen LogP) is 2.07. The SMILES string of the molecule is COC(C)(C)C(=O)NNC(=O)C(=O)Nc1cc(-c2ccc(C)o2)ccc1C. The highest BCUT2D eigenvalue weighted by molar-refractivity contribution is 6.39. The molecule has 1 aromatic heterocycles. The number of carbonyl (C=O) groups excluding carboxylic acids is 3. The van der Waals surface area contributed by atoms with E-state index in [0.29, 0.717) is 11.4 Å². The third-order valence-corrected chi connectivity index (χ3v) is 4.06. The van der Waals surface area contributed by atoms with Gasteiger partial charge in [0.15, 0.2) is 0 Å². The minimum absolute atomic E-state index is 0.463. The molecule has 2 rings (SSSR count). The summed E-state index contributed by atoms with van der Waals surface area (Å²) < 4.78 is 10.6. The molecule has 0 atom stereocenters. The average molecular weight is 373 g/mol. The van der Waals surface area contributed by atoms with E-state index < -0.39 is 23.3 Å². The van der Waals surface area contributed by atoms with Crippen LogP contribution in [0.1, 0.15) is 25.2 Å². The van der Waals surface area contributed by atoms with E-state index in [1.54, 1.807) is 13.0 Å². The number of hydrazine groups is 1. The van der Waals surface area contributed by atoms with Crippen molar-refractivity contribution < 1.29 is 23.5 Å². The number of hydrogen-bond acceptors (Lipinski definition) is 5. The van der Waals surface area contributed by atoms with E-state index in [1.807, 2.05) is 31.2 Å². The molecule has 0 saturated carbocycles. The van der Waals surface area contributed by atoms with E-state index in [9.17, 15) is 14.4 Å². The van der Waals surface area contributed by atoms with Gasteiger partial charge in [-0.3, -0.25) is 25.2 Å². The van der Waals surface area contributed by atoms with Gasteiger partial charge in [0, 0.05) is 18.4 Å². The maximum atomic E-state index is 12.1. The molecule has 8 heteroatoms. The standard InChI is InChI=1S/C19H23N3O5/c1-11-6-8-13(15-9-7-12(2)27-15)10-14(11)20-16(23)17(24)21-22-18(25)19(3,4)26-5/h6-10H,1-5H3,(H,20,23)(H,21,24)(H,22,25). The molecule has 0 aliphatic heterocycles. The van der Waals surface area contributed by atoms with Gasteiger partial charge in [-0.05, 0) is 51.5 Å². The Labute approximate surface area is 157 Å². The summed E-state index contributed by atoms with van der Waals surface area (Å²) in [7, 11) is 1.37. The van der Waals surface area contributed by atoms with Crippen molar-refractivity contribution in [2.24, 2.45) is 0 Å². The van der Waals surface area contributed by atoms with Gasteiger partial charge in [0.2, 0.25) is 0 Å². The fourth-order valence-corrected chi connectivity index (χ4v) is 2.09. The first-order chi connectivity index (χ1) is 12.6. The van der Waals surface area contributed by atoms with Gasteiger partial charge in [0.05, 0.1) is 0 Å². The molecule has 8 nitrogen and oxygen atoms in total. The van der Waals surface area contributed by atoms with Crippen LogP contribution in [0.15, 0.2) is 34.7 Å². The number of amides is 3. The maximum Gasteiger partial charge on any atom is 0.328 e. The summed E-state index contributed by atoms with van der Waals surface area (Å²) in [5, 5.41) is 2.53. The third-order valence-electron chi connectivity index (χ3n) is 4.06. The van der Waals surface area contributed by atoms with Crippen LogP contribution in [0.5, 0.6) is 0 Å². The molecule has 0 aliphatic carbocycles. The molecule has 1 heterocycles. The molecular formula is C19H23N3O5. The number of nitrogens with one attached hydrogen (secondary N) is 3. The molecule has 0 saturated heterocycles. The summed E-state index contributed by atoms with van der Waals surface area (Å²) >= 11 is 0. The molecule has 2 aromatic rings. The fourth-order valence-electron chi connectivity index (χ4n) is 2.09. The molecule has 0 unspecified atom stereocenters. The number of benzene rings is 1. The van der Waals surface area contributed by atoms with Gasteiger partial charge in [0.25, 0.3) is 5.91 Å². The number of ether oxygens (including phenoxy) is 1. The maximum absolute atomic E-state index is 12.1. The van der Waals surface area contributed by atoms with Crippen molar-refractivity contribution in [2.45, 2.75) is 33.3 Å². The Balaban J connectivity index is 2.04. The molecule has 0 radical (unpaired) electrons. The Hall–Kier alpha value is -3.13. The second kappa shape index (κ2) is 8.05. The van der Waals surface area contributed by atoms with Gasteiger partial charge in [-0.1, -0.05) is 12.1 Å². The van der Waals surface area contributed by atoms with E-state index in [-0.39, 0.29) is 0 Å². The topological polar surface area (TPSA) is 110 Å². The van der Waals surface area contributed by atoms with Gasteiger partial charge in [-0.15, -0.1) is 0 Å². The first-order valence-electron chi connectivity index (χ1n) is 8.28. The number of furan rings is 1. The van der Waals surface area contributed by atoms with E-state index in [2.05, 4.69) is 16.2 Å². The Morgan fingerprint density at radius 2 is 1.70 bits per heavy atom. The largest absolute Gasteiger partial charge is 0.461 e. The Bertz CT molecular complexity index is 870. The zero-order valence-electron chi connectivity index (χ0n) is 15.9. The zero-order chi connectivity index (χ0) is 20.2. The molecule has 0 spiro atoms. The van der Waals surface area contributed by atoms with Crippen LogP contribution in [0.4, 0.5) is 5.69 Å². The lowest BCUT2D eigenvalue weighted by Gasteiger charge is -2.21. The van der Waals surface area contributed by atoms with Gasteiger partial charge < -0.3 is 14.5 Å². The van der Waals surface area contributed by atoms with Gasteiger partial charge in [-0.2, -0.15) is 0 Å². The fraction of sp³-hybridized carbons (Fsp3) is 0.316. The number of aryl methyl sites for hydroxylation is 2. The second-order valence-electron chi connectivity index (χ2n) is 6.52. The van der Waals surface area contributed by atoms with Crippen LogP contribution in [0, 0.1) is 13.8 Å². The van der Waals surface area contributed by atoms with Crippen LogP contribution in [0.25, 0.3) is 11.3 Å². The molecule has 0 bridgehead atoms. The summed E-state index contributed by atoms with van der Waals surface area (Å²) in [6.07, 6.45) is 0. The molecule has 0 aliphatic rings. The van der Waals surface area contributed by atoms with Crippen molar-refractivity contribution in [2.75, 3.05) is 12.4 Å². The number of carbonyl (C=O) groups is 3. The summed E-state index contributed by atoms with van der Waals surface area (Å²) in [6.45, 7) is 6.69. The summed E-state index contributed by atoms with van der Waals surface area (Å²) in [5.74, 6) is -1.08. The Kier molecular flexibility index (Phi) is 6.02. The van der Waals surface area contributed by atoms with Gasteiger partial charge in [0.1, 0.15) is 17.1 Å². The number of anilines is 1.